The number of rotatable bonds is 7. The molecule has 0 radical (unpaired) electrons. The average Bonchev–Trinajstić information content (AvgIpc) is 2.83. The van der Waals surface area contributed by atoms with Crippen LogP contribution in [0, 0.1) is 0 Å². The second-order valence-corrected chi connectivity index (χ2v) is 8.42. The van der Waals surface area contributed by atoms with E-state index in [-0.39, 0.29) is 10.9 Å². The smallest absolute Gasteiger partial charge is 0.311 e. The zero-order valence-electron chi connectivity index (χ0n) is 17.5. The number of halogens is 2. The predicted molar refractivity (Wildman–Crippen MR) is 125 cm³/mol. The zero-order valence-corrected chi connectivity index (χ0v) is 19.1. The molecule has 0 aromatic heterocycles. The van der Waals surface area contributed by atoms with E-state index in [2.05, 4.69) is 0 Å². The van der Waals surface area contributed by atoms with Crippen molar-refractivity contribution < 1.29 is 24.2 Å². The van der Waals surface area contributed by atoms with Gasteiger partial charge in [0.1, 0.15) is 17.2 Å². The highest BCUT2D eigenvalue weighted by Crippen LogP contribution is 2.38. The molecule has 0 saturated heterocycles. The molecule has 1 atom stereocenters. The summed E-state index contributed by atoms with van der Waals surface area (Å²) >= 11 is 12.6. The molecule has 3 aromatic rings. The van der Waals surface area contributed by atoms with Crippen LogP contribution in [0.5, 0.6) is 17.2 Å². The molecule has 1 unspecified atom stereocenters. The molecule has 0 bridgehead atoms. The number of carbonyl (C=O) groups is 2. The van der Waals surface area contributed by atoms with Gasteiger partial charge in [-0.15, -0.1) is 0 Å². The molecule has 0 aliphatic carbocycles. The van der Waals surface area contributed by atoms with Gasteiger partial charge in [-0.1, -0.05) is 48.0 Å². The summed E-state index contributed by atoms with van der Waals surface area (Å²) in [6.07, 6.45) is 1.06. The number of ether oxygens (including phenoxy) is 2. The minimum Gasteiger partial charge on any atom is -0.493 e. The van der Waals surface area contributed by atoms with Crippen LogP contribution in [0.3, 0.4) is 0 Å². The van der Waals surface area contributed by atoms with Crippen molar-refractivity contribution in [2.24, 2.45) is 0 Å². The second kappa shape index (κ2) is 10.1. The summed E-state index contributed by atoms with van der Waals surface area (Å²) in [5, 5.41) is 9.63. The summed E-state index contributed by atoms with van der Waals surface area (Å²) in [6.45, 7) is 0.677. The number of benzene rings is 3. The van der Waals surface area contributed by atoms with Crippen molar-refractivity contribution in [3.05, 3.63) is 88.4 Å². The molecule has 4 rings (SSSR count). The summed E-state index contributed by atoms with van der Waals surface area (Å²) in [4.78, 5) is 24.1. The molecule has 0 fully saturated rings. The number of hydrogen-bond acceptors (Lipinski definition) is 4. The molecule has 1 aliphatic rings. The lowest BCUT2D eigenvalue weighted by Gasteiger charge is -2.23. The minimum absolute atomic E-state index is 0.246. The highest BCUT2D eigenvalue weighted by atomic mass is 35.5. The SMILES string of the molecule is O=C(O)C1CCOc2cc(Oc3ccc(C(=O)N(Cl)CCc4ccccc4)cc3Cl)ccc21. The maximum atomic E-state index is 12.7. The van der Waals surface area contributed by atoms with E-state index in [1.807, 2.05) is 30.3 Å². The van der Waals surface area contributed by atoms with Gasteiger partial charge in [-0.25, -0.2) is 0 Å². The molecule has 1 aliphatic heterocycles. The Morgan fingerprint density at radius 3 is 2.61 bits per heavy atom. The Morgan fingerprint density at radius 2 is 1.88 bits per heavy atom. The Morgan fingerprint density at radius 1 is 1.09 bits per heavy atom. The maximum Gasteiger partial charge on any atom is 0.311 e. The molecule has 1 amide bonds. The summed E-state index contributed by atoms with van der Waals surface area (Å²) in [5.41, 5.74) is 2.04. The van der Waals surface area contributed by atoms with Crippen molar-refractivity contribution in [2.75, 3.05) is 13.2 Å². The Hall–Kier alpha value is -3.22. The number of carboxylic acid groups (broad SMARTS) is 1. The Bertz CT molecular complexity index is 1170. The van der Waals surface area contributed by atoms with Crippen LogP contribution < -0.4 is 9.47 Å². The first-order chi connectivity index (χ1) is 15.9. The molecule has 170 valence electrons. The second-order valence-electron chi connectivity index (χ2n) is 7.60. The lowest BCUT2D eigenvalue weighted by molar-refractivity contribution is -0.139. The molecule has 6 nitrogen and oxygen atoms in total. The molecule has 0 spiro atoms. The third-order valence-corrected chi connectivity index (χ3v) is 6.01. The zero-order chi connectivity index (χ0) is 23.4. The maximum absolute atomic E-state index is 12.7. The number of aliphatic carboxylic acids is 1. The van der Waals surface area contributed by atoms with E-state index in [0.717, 1.165) is 9.98 Å². The van der Waals surface area contributed by atoms with E-state index >= 15 is 0 Å². The van der Waals surface area contributed by atoms with Crippen LogP contribution in [-0.2, 0) is 11.2 Å². The van der Waals surface area contributed by atoms with Gasteiger partial charge >= 0.3 is 5.97 Å². The van der Waals surface area contributed by atoms with Crippen LogP contribution in [0.2, 0.25) is 5.02 Å². The van der Waals surface area contributed by atoms with Gasteiger partial charge in [-0.3, -0.25) is 14.0 Å². The molecule has 0 saturated carbocycles. The number of carbonyl (C=O) groups excluding carboxylic acids is 1. The third-order valence-electron chi connectivity index (χ3n) is 5.39. The lowest BCUT2D eigenvalue weighted by Crippen LogP contribution is -2.23. The molecule has 1 heterocycles. The monoisotopic (exact) mass is 485 g/mol. The van der Waals surface area contributed by atoms with Gasteiger partial charge in [0.15, 0.2) is 0 Å². The normalized spacial score (nSPS) is 14.7. The summed E-state index contributed by atoms with van der Waals surface area (Å²) in [6, 6.07) is 19.5. The van der Waals surface area contributed by atoms with Crippen LogP contribution >= 0.6 is 23.4 Å². The van der Waals surface area contributed by atoms with Crippen molar-refractivity contribution in [3.63, 3.8) is 0 Å². The van der Waals surface area contributed by atoms with E-state index in [1.165, 1.54) is 6.07 Å². The van der Waals surface area contributed by atoms with Gasteiger partial charge in [0.25, 0.3) is 5.91 Å². The number of nitrogens with zero attached hydrogens (tertiary/aromatic N) is 1. The van der Waals surface area contributed by atoms with Gasteiger partial charge in [-0.05, 0) is 42.7 Å². The Labute approximate surface area is 201 Å². The largest absolute Gasteiger partial charge is 0.493 e. The first-order valence-corrected chi connectivity index (χ1v) is 11.1. The van der Waals surface area contributed by atoms with Crippen LogP contribution in [0.25, 0.3) is 0 Å². The van der Waals surface area contributed by atoms with Gasteiger partial charge < -0.3 is 14.6 Å². The quantitative estimate of drug-likeness (QED) is 0.420. The molecule has 8 heteroatoms. The number of amides is 1. The van der Waals surface area contributed by atoms with Crippen molar-refractivity contribution in [2.45, 2.75) is 18.8 Å². The Balaban J connectivity index is 1.43. The standard InChI is InChI=1S/C25H21Cl2NO5/c26-21-14-17(24(29)28(27)12-10-16-4-2-1-3-5-16)6-9-22(21)33-18-7-8-19-20(25(30)31)11-13-32-23(19)15-18/h1-9,14-15,20H,10-13H2,(H,30,31). The van der Waals surface area contributed by atoms with Crippen LogP contribution in [0.15, 0.2) is 66.7 Å². The van der Waals surface area contributed by atoms with Gasteiger partial charge in [0.2, 0.25) is 0 Å². The highest BCUT2D eigenvalue weighted by molar-refractivity contribution is 6.32. The topological polar surface area (TPSA) is 76.1 Å². The van der Waals surface area contributed by atoms with Crippen LogP contribution in [0.4, 0.5) is 0 Å². The fourth-order valence-corrected chi connectivity index (χ4v) is 4.05. The van der Waals surface area contributed by atoms with Crippen molar-refractivity contribution in [3.8, 4) is 17.2 Å². The number of hydrogen-bond donors (Lipinski definition) is 1. The first kappa shape index (κ1) is 23.0. The van der Waals surface area contributed by atoms with Gasteiger partial charge in [-0.2, -0.15) is 0 Å². The van der Waals surface area contributed by atoms with Gasteiger partial charge in [0.05, 0.1) is 17.5 Å². The molecular formula is C25H21Cl2NO5. The molecule has 33 heavy (non-hydrogen) atoms. The number of carboxylic acids is 1. The van der Waals surface area contributed by atoms with E-state index in [0.29, 0.717) is 54.4 Å². The third kappa shape index (κ3) is 5.41. The predicted octanol–water partition coefficient (Wildman–Crippen LogP) is 5.92. The molecule has 3 aromatic carbocycles. The van der Waals surface area contributed by atoms with E-state index in [4.69, 9.17) is 32.9 Å². The summed E-state index contributed by atoms with van der Waals surface area (Å²) < 4.78 is 12.6. The molecule has 1 N–H and O–H groups in total. The fraction of sp³-hybridized carbons (Fsp3) is 0.200. The van der Waals surface area contributed by atoms with E-state index < -0.39 is 11.9 Å². The number of fused-ring (bicyclic) bond motifs is 1. The van der Waals surface area contributed by atoms with E-state index in [1.54, 1.807) is 30.3 Å². The van der Waals surface area contributed by atoms with Crippen molar-refractivity contribution >= 4 is 35.3 Å². The van der Waals surface area contributed by atoms with Crippen LogP contribution in [-0.4, -0.2) is 34.6 Å². The fourth-order valence-electron chi connectivity index (χ4n) is 3.65. The highest BCUT2D eigenvalue weighted by Gasteiger charge is 2.27. The minimum atomic E-state index is -0.881. The van der Waals surface area contributed by atoms with Crippen molar-refractivity contribution in [1.82, 2.24) is 4.42 Å². The van der Waals surface area contributed by atoms with Crippen molar-refractivity contribution in [1.29, 1.82) is 0 Å². The van der Waals surface area contributed by atoms with Gasteiger partial charge in [0, 0.05) is 35.5 Å². The first-order valence-electron chi connectivity index (χ1n) is 10.4. The summed E-state index contributed by atoms with van der Waals surface area (Å²) in [5.74, 6) is -0.564. The van der Waals surface area contributed by atoms with E-state index in [9.17, 15) is 14.7 Å². The Kier molecular flexibility index (Phi) is 7.06. The van der Waals surface area contributed by atoms with Crippen LogP contribution in [0.1, 0.15) is 33.8 Å². The summed E-state index contributed by atoms with van der Waals surface area (Å²) in [7, 11) is 0. The molecular weight excluding hydrogens is 465 g/mol. The average molecular weight is 486 g/mol. The lowest BCUT2D eigenvalue weighted by atomic mass is 9.93.